The zero-order valence-electron chi connectivity index (χ0n) is 11.5. The van der Waals surface area contributed by atoms with Crippen molar-refractivity contribution in [3.8, 4) is 0 Å². The van der Waals surface area contributed by atoms with E-state index in [4.69, 9.17) is 0 Å². The van der Waals surface area contributed by atoms with Crippen LogP contribution in [0.3, 0.4) is 0 Å². The van der Waals surface area contributed by atoms with Gasteiger partial charge >= 0.3 is 0 Å². The van der Waals surface area contributed by atoms with E-state index < -0.39 is 0 Å². The van der Waals surface area contributed by atoms with Gasteiger partial charge in [-0.1, -0.05) is 13.8 Å². The van der Waals surface area contributed by atoms with Gasteiger partial charge in [-0.2, -0.15) is 10.1 Å². The highest BCUT2D eigenvalue weighted by Crippen LogP contribution is 2.18. The highest BCUT2D eigenvalue weighted by Gasteiger charge is 2.16. The zero-order chi connectivity index (χ0) is 12.8. The third kappa shape index (κ3) is 3.09. The van der Waals surface area contributed by atoms with Crippen molar-refractivity contribution in [2.45, 2.75) is 39.5 Å². The van der Waals surface area contributed by atoms with Crippen LogP contribution in [0.5, 0.6) is 0 Å². The molecule has 1 aliphatic heterocycles. The highest BCUT2D eigenvalue weighted by atomic mass is 15.3. The Bertz CT molecular complexity index is 356. The molecule has 5 nitrogen and oxygen atoms in total. The maximum absolute atomic E-state index is 4.67. The monoisotopic (exact) mass is 249 g/mol. The first-order chi connectivity index (χ1) is 8.85. The summed E-state index contributed by atoms with van der Waals surface area (Å²) < 4.78 is 0. The lowest BCUT2D eigenvalue weighted by atomic mass is 10.4. The van der Waals surface area contributed by atoms with E-state index in [1.807, 2.05) is 0 Å². The summed E-state index contributed by atoms with van der Waals surface area (Å²) in [4.78, 5) is 9.20. The summed E-state index contributed by atoms with van der Waals surface area (Å²) in [5.74, 6) is 1.76. The third-order valence-corrected chi connectivity index (χ3v) is 3.23. The fraction of sp³-hybridized carbons (Fsp3) is 0.769. The van der Waals surface area contributed by atoms with Crippen LogP contribution in [-0.2, 0) is 0 Å². The van der Waals surface area contributed by atoms with Crippen LogP contribution in [0.2, 0.25) is 0 Å². The van der Waals surface area contributed by atoms with E-state index >= 15 is 0 Å². The molecule has 5 heteroatoms. The van der Waals surface area contributed by atoms with Crippen LogP contribution in [0, 0.1) is 0 Å². The molecular formula is C13H23N5. The predicted octanol–water partition coefficient (Wildman–Crippen LogP) is 2.10. The first-order valence-electron chi connectivity index (χ1n) is 7.04. The molecule has 0 N–H and O–H groups in total. The number of nitrogens with zero attached hydrogens (tertiary/aromatic N) is 5. The number of hydrogen-bond donors (Lipinski definition) is 0. The molecule has 1 saturated heterocycles. The Kier molecular flexibility index (Phi) is 4.73. The van der Waals surface area contributed by atoms with Gasteiger partial charge < -0.3 is 9.80 Å². The molecule has 0 atom stereocenters. The average Bonchev–Trinajstić information content (AvgIpc) is 2.93. The molecule has 1 aliphatic rings. The maximum atomic E-state index is 4.67. The number of hydrogen-bond acceptors (Lipinski definition) is 5. The lowest BCUT2D eigenvalue weighted by molar-refractivity contribution is 0.707. The van der Waals surface area contributed by atoms with Crippen LogP contribution in [0.4, 0.5) is 11.8 Å². The second-order valence-electron chi connectivity index (χ2n) is 4.80. The van der Waals surface area contributed by atoms with Crippen molar-refractivity contribution in [3.63, 3.8) is 0 Å². The van der Waals surface area contributed by atoms with Crippen molar-refractivity contribution in [1.29, 1.82) is 0 Å². The molecule has 2 heterocycles. The van der Waals surface area contributed by atoms with E-state index in [0.717, 1.165) is 50.8 Å². The molecule has 0 amide bonds. The Balaban J connectivity index is 2.13. The largest absolute Gasteiger partial charge is 0.355 e. The van der Waals surface area contributed by atoms with Crippen LogP contribution in [0.25, 0.3) is 0 Å². The molecule has 0 spiro atoms. The smallest absolute Gasteiger partial charge is 0.247 e. The van der Waals surface area contributed by atoms with Crippen LogP contribution in [-0.4, -0.2) is 41.4 Å². The van der Waals surface area contributed by atoms with Gasteiger partial charge in [0.1, 0.15) is 0 Å². The molecule has 18 heavy (non-hydrogen) atoms. The van der Waals surface area contributed by atoms with Crippen LogP contribution in [0.15, 0.2) is 6.20 Å². The topological polar surface area (TPSA) is 45.2 Å². The van der Waals surface area contributed by atoms with Crippen molar-refractivity contribution < 1.29 is 0 Å². The number of aromatic nitrogens is 3. The molecule has 0 aromatic carbocycles. The fourth-order valence-electron chi connectivity index (χ4n) is 2.37. The van der Waals surface area contributed by atoms with Gasteiger partial charge in [-0.05, 0) is 25.7 Å². The Morgan fingerprint density at radius 2 is 1.83 bits per heavy atom. The summed E-state index contributed by atoms with van der Waals surface area (Å²) in [5.41, 5.74) is 0. The van der Waals surface area contributed by atoms with Crippen molar-refractivity contribution in [2.75, 3.05) is 36.0 Å². The Morgan fingerprint density at radius 3 is 2.44 bits per heavy atom. The Labute approximate surface area is 109 Å². The average molecular weight is 249 g/mol. The van der Waals surface area contributed by atoms with E-state index in [1.54, 1.807) is 6.20 Å². The SMILES string of the molecule is CCCN(CCC)c1nncc(N2CCCC2)n1. The molecule has 0 saturated carbocycles. The van der Waals surface area contributed by atoms with E-state index in [1.165, 1.54) is 12.8 Å². The maximum Gasteiger partial charge on any atom is 0.247 e. The molecule has 1 aromatic heterocycles. The van der Waals surface area contributed by atoms with E-state index in [-0.39, 0.29) is 0 Å². The molecule has 2 rings (SSSR count). The zero-order valence-corrected chi connectivity index (χ0v) is 11.5. The van der Waals surface area contributed by atoms with E-state index in [9.17, 15) is 0 Å². The van der Waals surface area contributed by atoms with Crippen molar-refractivity contribution in [3.05, 3.63) is 6.20 Å². The van der Waals surface area contributed by atoms with Crippen molar-refractivity contribution >= 4 is 11.8 Å². The third-order valence-electron chi connectivity index (χ3n) is 3.23. The normalized spacial score (nSPS) is 15.1. The molecular weight excluding hydrogens is 226 g/mol. The predicted molar refractivity (Wildman–Crippen MR) is 74.1 cm³/mol. The summed E-state index contributed by atoms with van der Waals surface area (Å²) in [6.45, 7) is 8.55. The van der Waals surface area contributed by atoms with Gasteiger partial charge in [0.15, 0.2) is 5.82 Å². The van der Waals surface area contributed by atoms with Gasteiger partial charge in [0.25, 0.3) is 0 Å². The summed E-state index contributed by atoms with van der Waals surface area (Å²) in [6.07, 6.45) is 6.51. The Hall–Kier alpha value is -1.39. The molecule has 1 aromatic rings. The first kappa shape index (κ1) is 13.1. The minimum Gasteiger partial charge on any atom is -0.355 e. The van der Waals surface area contributed by atoms with Gasteiger partial charge in [-0.3, -0.25) is 0 Å². The second kappa shape index (κ2) is 6.52. The standard InChI is InChI=1S/C13H23N5/c1-3-7-18(8-4-2)13-15-12(11-14-16-13)17-9-5-6-10-17/h11H,3-10H2,1-2H3. The molecule has 0 radical (unpaired) electrons. The highest BCUT2D eigenvalue weighted by molar-refractivity contribution is 5.42. The van der Waals surface area contributed by atoms with Crippen LogP contribution < -0.4 is 9.80 Å². The minimum atomic E-state index is 0.781. The fourth-order valence-corrected chi connectivity index (χ4v) is 2.37. The molecule has 1 fully saturated rings. The molecule has 0 aliphatic carbocycles. The summed E-state index contributed by atoms with van der Waals surface area (Å²) in [7, 11) is 0. The molecule has 100 valence electrons. The molecule has 0 bridgehead atoms. The van der Waals surface area contributed by atoms with Crippen molar-refractivity contribution in [1.82, 2.24) is 15.2 Å². The first-order valence-corrected chi connectivity index (χ1v) is 7.04. The quantitative estimate of drug-likeness (QED) is 0.772. The van der Waals surface area contributed by atoms with Gasteiger partial charge in [0, 0.05) is 26.2 Å². The summed E-state index contributed by atoms with van der Waals surface area (Å²) in [5, 5.41) is 8.31. The van der Waals surface area contributed by atoms with Gasteiger partial charge in [0.05, 0.1) is 6.20 Å². The molecule has 0 unspecified atom stereocenters. The van der Waals surface area contributed by atoms with Crippen LogP contribution in [0.1, 0.15) is 39.5 Å². The number of anilines is 2. The van der Waals surface area contributed by atoms with E-state index in [2.05, 4.69) is 38.8 Å². The van der Waals surface area contributed by atoms with Crippen molar-refractivity contribution in [2.24, 2.45) is 0 Å². The van der Waals surface area contributed by atoms with Crippen LogP contribution >= 0.6 is 0 Å². The van der Waals surface area contributed by atoms with Gasteiger partial charge in [-0.15, -0.1) is 5.10 Å². The lowest BCUT2D eigenvalue weighted by Crippen LogP contribution is -2.28. The van der Waals surface area contributed by atoms with Gasteiger partial charge in [0.2, 0.25) is 5.95 Å². The van der Waals surface area contributed by atoms with Gasteiger partial charge in [-0.25, -0.2) is 0 Å². The summed E-state index contributed by atoms with van der Waals surface area (Å²) >= 11 is 0. The minimum absolute atomic E-state index is 0.781. The summed E-state index contributed by atoms with van der Waals surface area (Å²) in [6, 6.07) is 0. The second-order valence-corrected chi connectivity index (χ2v) is 4.80. The number of rotatable bonds is 6. The lowest BCUT2D eigenvalue weighted by Gasteiger charge is -2.22. The van der Waals surface area contributed by atoms with E-state index in [0.29, 0.717) is 0 Å². The Morgan fingerprint density at radius 1 is 1.17 bits per heavy atom.